The average molecular weight is 298 g/mol. The number of carboxylic acids is 1. The molecule has 0 spiro atoms. The summed E-state index contributed by atoms with van der Waals surface area (Å²) in [5.74, 6) is -0.107. The van der Waals surface area contributed by atoms with Gasteiger partial charge in [-0.2, -0.15) is 0 Å². The fourth-order valence-corrected chi connectivity index (χ4v) is 1.68. The van der Waals surface area contributed by atoms with Crippen LogP contribution in [0.5, 0.6) is 5.75 Å². The Morgan fingerprint density at radius 3 is 3.00 bits per heavy atom. The number of nitrogens with one attached hydrogen (secondary N) is 1. The number of aryl methyl sites for hydroxylation is 1. The van der Waals surface area contributed by atoms with Crippen LogP contribution in [0.15, 0.2) is 22.6 Å². The van der Waals surface area contributed by atoms with Crippen molar-refractivity contribution in [2.45, 2.75) is 12.8 Å². The van der Waals surface area contributed by atoms with Crippen LogP contribution in [-0.4, -0.2) is 28.4 Å². The van der Waals surface area contributed by atoms with Gasteiger partial charge in [0.2, 0.25) is 5.89 Å². The molecule has 2 aromatic rings. The van der Waals surface area contributed by atoms with Crippen LogP contribution in [-0.2, 0) is 11.2 Å². The molecule has 0 atom stereocenters. The Morgan fingerprint density at radius 1 is 1.50 bits per heavy atom. The number of anilines is 2. The van der Waals surface area contributed by atoms with Crippen molar-refractivity contribution in [3.05, 3.63) is 29.1 Å². The summed E-state index contributed by atoms with van der Waals surface area (Å²) in [6, 6.07) is 5.19. The second-order valence-corrected chi connectivity index (χ2v) is 4.30. The van der Waals surface area contributed by atoms with Gasteiger partial charge in [-0.3, -0.25) is 4.79 Å². The van der Waals surface area contributed by atoms with Crippen LogP contribution in [0.2, 0.25) is 5.02 Å². The maximum absolute atomic E-state index is 10.5. The molecular weight excluding hydrogens is 286 g/mol. The number of carbonyl (C=O) groups is 1. The Balaban J connectivity index is 2.10. The van der Waals surface area contributed by atoms with Crippen LogP contribution in [0.4, 0.5) is 11.7 Å². The molecule has 0 unspecified atom stereocenters. The number of methoxy groups -OCH3 is 1. The zero-order valence-corrected chi connectivity index (χ0v) is 11.3. The molecule has 0 saturated carbocycles. The van der Waals surface area contributed by atoms with Gasteiger partial charge < -0.3 is 19.6 Å². The molecule has 0 bridgehead atoms. The molecular formula is C12H12ClN3O4. The normalized spacial score (nSPS) is 10.3. The molecule has 0 fully saturated rings. The largest absolute Gasteiger partial charge is 0.495 e. The highest BCUT2D eigenvalue weighted by Crippen LogP contribution is 2.30. The number of benzene rings is 1. The first-order valence-electron chi connectivity index (χ1n) is 5.73. The Hall–Kier alpha value is -2.28. The second kappa shape index (κ2) is 6.25. The molecule has 8 heteroatoms. The number of ether oxygens (including phenoxy) is 1. The number of hydrogen-bond donors (Lipinski definition) is 2. The third kappa shape index (κ3) is 3.61. The van der Waals surface area contributed by atoms with Gasteiger partial charge in [0.25, 0.3) is 0 Å². The summed E-state index contributed by atoms with van der Waals surface area (Å²) in [5.41, 5.74) is 0.577. The van der Waals surface area contributed by atoms with Gasteiger partial charge in [-0.25, -0.2) is 0 Å². The number of nitrogens with zero attached hydrogens (tertiary/aromatic N) is 2. The molecule has 2 N–H and O–H groups in total. The molecule has 7 nitrogen and oxygen atoms in total. The molecule has 0 radical (unpaired) electrons. The van der Waals surface area contributed by atoms with Crippen molar-refractivity contribution in [2.24, 2.45) is 0 Å². The van der Waals surface area contributed by atoms with E-state index in [9.17, 15) is 4.79 Å². The van der Waals surface area contributed by atoms with Crippen LogP contribution >= 0.6 is 11.6 Å². The SMILES string of the molecule is COc1ccc(Cl)cc1Nc1nnc(CCC(=O)O)o1. The number of aliphatic carboxylic acids is 1. The molecule has 0 saturated heterocycles. The van der Waals surface area contributed by atoms with E-state index in [1.165, 1.54) is 7.11 Å². The van der Waals surface area contributed by atoms with Crippen LogP contribution < -0.4 is 10.1 Å². The summed E-state index contributed by atoms with van der Waals surface area (Å²) in [4.78, 5) is 10.5. The number of carboxylic acid groups (broad SMARTS) is 1. The Labute approximate surface area is 119 Å². The predicted octanol–water partition coefficient (Wildman–Crippen LogP) is 2.49. The summed E-state index contributed by atoms with van der Waals surface area (Å²) in [6.45, 7) is 0. The van der Waals surface area contributed by atoms with Gasteiger partial charge in [0.15, 0.2) is 0 Å². The minimum atomic E-state index is -0.922. The molecule has 2 rings (SSSR count). The highest BCUT2D eigenvalue weighted by molar-refractivity contribution is 6.30. The van der Waals surface area contributed by atoms with Gasteiger partial charge >= 0.3 is 12.0 Å². The highest BCUT2D eigenvalue weighted by atomic mass is 35.5. The lowest BCUT2D eigenvalue weighted by Crippen LogP contribution is -1.97. The van der Waals surface area contributed by atoms with Crippen LogP contribution in [0.25, 0.3) is 0 Å². The lowest BCUT2D eigenvalue weighted by molar-refractivity contribution is -0.137. The summed E-state index contributed by atoms with van der Waals surface area (Å²) >= 11 is 5.90. The minimum Gasteiger partial charge on any atom is -0.495 e. The molecule has 20 heavy (non-hydrogen) atoms. The number of aromatic nitrogens is 2. The first kappa shape index (κ1) is 14.1. The van der Waals surface area contributed by atoms with Crippen LogP contribution in [0.3, 0.4) is 0 Å². The summed E-state index contributed by atoms with van der Waals surface area (Å²) in [7, 11) is 1.53. The van der Waals surface area contributed by atoms with E-state index >= 15 is 0 Å². The number of rotatable bonds is 6. The third-order valence-electron chi connectivity index (χ3n) is 2.42. The standard InChI is InChI=1S/C12H12ClN3O4/c1-19-9-3-2-7(13)6-8(9)14-12-16-15-10(20-12)4-5-11(17)18/h2-3,6H,4-5H2,1H3,(H,14,16)(H,17,18). The van der Waals surface area contributed by atoms with E-state index in [2.05, 4.69) is 15.5 Å². The van der Waals surface area contributed by atoms with Crippen LogP contribution in [0, 0.1) is 0 Å². The zero-order chi connectivity index (χ0) is 14.5. The van der Waals surface area contributed by atoms with E-state index in [4.69, 9.17) is 25.9 Å². The van der Waals surface area contributed by atoms with Gasteiger partial charge in [-0.05, 0) is 18.2 Å². The van der Waals surface area contributed by atoms with Gasteiger partial charge in [-0.1, -0.05) is 16.7 Å². The molecule has 0 aliphatic carbocycles. The predicted molar refractivity (Wildman–Crippen MR) is 71.5 cm³/mol. The van der Waals surface area contributed by atoms with Gasteiger partial charge in [0.05, 0.1) is 19.2 Å². The molecule has 106 valence electrons. The van der Waals surface area contributed by atoms with Crippen molar-refractivity contribution in [1.29, 1.82) is 0 Å². The zero-order valence-electron chi connectivity index (χ0n) is 10.6. The molecule has 0 aliphatic rings. The maximum atomic E-state index is 10.5. The van der Waals surface area contributed by atoms with E-state index in [1.54, 1.807) is 18.2 Å². The summed E-state index contributed by atoms with van der Waals surface area (Å²) in [6.07, 6.45) is 0.110. The van der Waals surface area contributed by atoms with Crippen molar-refractivity contribution in [1.82, 2.24) is 10.2 Å². The highest BCUT2D eigenvalue weighted by Gasteiger charge is 2.11. The smallest absolute Gasteiger partial charge is 0.320 e. The molecule has 1 aromatic heterocycles. The van der Waals surface area contributed by atoms with E-state index < -0.39 is 5.97 Å². The molecule has 1 heterocycles. The van der Waals surface area contributed by atoms with Crippen LogP contribution in [0.1, 0.15) is 12.3 Å². The third-order valence-corrected chi connectivity index (χ3v) is 2.66. The lowest BCUT2D eigenvalue weighted by Gasteiger charge is -2.08. The van der Waals surface area contributed by atoms with Gasteiger partial charge in [0.1, 0.15) is 5.75 Å². The van der Waals surface area contributed by atoms with Crippen molar-refractivity contribution in [3.63, 3.8) is 0 Å². The first-order valence-corrected chi connectivity index (χ1v) is 6.11. The average Bonchev–Trinajstić information content (AvgIpc) is 2.84. The van der Waals surface area contributed by atoms with E-state index in [-0.39, 0.29) is 24.7 Å². The second-order valence-electron chi connectivity index (χ2n) is 3.86. The van der Waals surface area contributed by atoms with E-state index in [0.717, 1.165) is 0 Å². The Kier molecular flexibility index (Phi) is 4.41. The van der Waals surface area contributed by atoms with E-state index in [1.807, 2.05) is 0 Å². The molecule has 1 aromatic carbocycles. The summed E-state index contributed by atoms with van der Waals surface area (Å²) < 4.78 is 10.5. The minimum absolute atomic E-state index is 0.0673. The maximum Gasteiger partial charge on any atom is 0.320 e. The van der Waals surface area contributed by atoms with Crippen molar-refractivity contribution >= 4 is 29.3 Å². The summed E-state index contributed by atoms with van der Waals surface area (Å²) in [5, 5.41) is 19.5. The van der Waals surface area contributed by atoms with Gasteiger partial charge in [0, 0.05) is 11.4 Å². The fourth-order valence-electron chi connectivity index (χ4n) is 1.51. The lowest BCUT2D eigenvalue weighted by atomic mass is 10.3. The molecule has 0 aliphatic heterocycles. The first-order chi connectivity index (χ1) is 9.58. The van der Waals surface area contributed by atoms with Gasteiger partial charge in [-0.15, -0.1) is 5.10 Å². The number of halogens is 1. The van der Waals surface area contributed by atoms with E-state index in [0.29, 0.717) is 16.5 Å². The fraction of sp³-hybridized carbons (Fsp3) is 0.250. The van der Waals surface area contributed by atoms with Crippen molar-refractivity contribution in [2.75, 3.05) is 12.4 Å². The topological polar surface area (TPSA) is 97.5 Å². The Bertz CT molecular complexity index is 614. The van der Waals surface area contributed by atoms with Crippen molar-refractivity contribution in [3.8, 4) is 5.75 Å². The quantitative estimate of drug-likeness (QED) is 0.845. The van der Waals surface area contributed by atoms with Crippen molar-refractivity contribution < 1.29 is 19.1 Å². The Morgan fingerprint density at radius 2 is 2.30 bits per heavy atom. The molecule has 0 amide bonds. The number of hydrogen-bond acceptors (Lipinski definition) is 6. The monoisotopic (exact) mass is 297 g/mol.